The molecule has 2 aromatic heterocycles. The van der Waals surface area contributed by atoms with E-state index in [1.54, 1.807) is 19.2 Å². The van der Waals surface area contributed by atoms with Crippen LogP contribution in [-0.4, -0.2) is 28.0 Å². The van der Waals surface area contributed by atoms with E-state index < -0.39 is 0 Å². The fourth-order valence-corrected chi connectivity index (χ4v) is 3.72. The Morgan fingerprint density at radius 2 is 1.72 bits per heavy atom. The molecule has 2 aromatic carbocycles. The molecule has 6 nitrogen and oxygen atoms in total. The summed E-state index contributed by atoms with van der Waals surface area (Å²) in [5.41, 5.74) is 6.50. The molecular formula is C22H20N4O2S. The summed E-state index contributed by atoms with van der Waals surface area (Å²) in [7, 11) is 1.63. The van der Waals surface area contributed by atoms with E-state index in [2.05, 4.69) is 20.3 Å². The first-order valence-corrected chi connectivity index (χ1v) is 9.99. The van der Waals surface area contributed by atoms with E-state index in [1.807, 2.05) is 50.4 Å². The number of anilines is 1. The average Bonchev–Trinajstić information content (AvgIpc) is 3.16. The molecule has 0 bridgehead atoms. The molecule has 7 heteroatoms. The van der Waals surface area contributed by atoms with Gasteiger partial charge in [-0.05, 0) is 51.1 Å². The number of hydrogen-bond donors (Lipinski definition) is 1. The van der Waals surface area contributed by atoms with Gasteiger partial charge < -0.3 is 4.74 Å². The van der Waals surface area contributed by atoms with Gasteiger partial charge in [0.25, 0.3) is 5.91 Å². The molecule has 0 atom stereocenters. The molecule has 0 fully saturated rings. The SMILES string of the molecule is COc1ccc(C)cc1-c1csc(NC(=O)c2ccc3nc(C)c(C)nc3c2)n1. The van der Waals surface area contributed by atoms with Crippen LogP contribution in [-0.2, 0) is 0 Å². The van der Waals surface area contributed by atoms with Gasteiger partial charge in [-0.3, -0.25) is 10.1 Å². The zero-order valence-electron chi connectivity index (χ0n) is 16.6. The Hall–Kier alpha value is -3.32. The van der Waals surface area contributed by atoms with Crippen LogP contribution >= 0.6 is 11.3 Å². The van der Waals surface area contributed by atoms with Gasteiger partial charge in [0.1, 0.15) is 5.75 Å². The maximum Gasteiger partial charge on any atom is 0.257 e. The van der Waals surface area contributed by atoms with Crippen molar-refractivity contribution in [2.24, 2.45) is 0 Å². The zero-order chi connectivity index (χ0) is 20.5. The van der Waals surface area contributed by atoms with Crippen molar-refractivity contribution in [3.8, 4) is 17.0 Å². The van der Waals surface area contributed by atoms with E-state index in [-0.39, 0.29) is 5.91 Å². The van der Waals surface area contributed by atoms with Crippen LogP contribution in [0.3, 0.4) is 0 Å². The van der Waals surface area contributed by atoms with Crippen LogP contribution in [0, 0.1) is 20.8 Å². The Balaban J connectivity index is 1.59. The van der Waals surface area contributed by atoms with Gasteiger partial charge in [0.15, 0.2) is 5.13 Å². The molecule has 0 aliphatic heterocycles. The molecule has 0 radical (unpaired) electrons. The third-order valence-corrected chi connectivity index (χ3v) is 5.45. The molecule has 0 saturated carbocycles. The lowest BCUT2D eigenvalue weighted by Gasteiger charge is -2.07. The van der Waals surface area contributed by atoms with Crippen LogP contribution in [0.15, 0.2) is 41.8 Å². The Morgan fingerprint density at radius 1 is 0.966 bits per heavy atom. The smallest absolute Gasteiger partial charge is 0.257 e. The maximum atomic E-state index is 12.7. The number of rotatable bonds is 4. The minimum absolute atomic E-state index is 0.232. The molecule has 4 aromatic rings. The predicted molar refractivity (Wildman–Crippen MR) is 116 cm³/mol. The second-order valence-electron chi connectivity index (χ2n) is 6.79. The number of methoxy groups -OCH3 is 1. The van der Waals surface area contributed by atoms with Crippen LogP contribution in [0.5, 0.6) is 5.75 Å². The molecule has 1 N–H and O–H groups in total. The number of amides is 1. The first kappa shape index (κ1) is 19.0. The fraction of sp³-hybridized carbons (Fsp3) is 0.182. The lowest BCUT2D eigenvalue weighted by atomic mass is 10.1. The van der Waals surface area contributed by atoms with Gasteiger partial charge in [0.05, 0.1) is 35.2 Å². The van der Waals surface area contributed by atoms with Crippen LogP contribution in [0.4, 0.5) is 5.13 Å². The quantitative estimate of drug-likeness (QED) is 0.521. The average molecular weight is 404 g/mol. The molecule has 29 heavy (non-hydrogen) atoms. The molecule has 146 valence electrons. The highest BCUT2D eigenvalue weighted by molar-refractivity contribution is 7.14. The summed E-state index contributed by atoms with van der Waals surface area (Å²) in [5.74, 6) is 0.515. The summed E-state index contributed by atoms with van der Waals surface area (Å²) < 4.78 is 5.44. The van der Waals surface area contributed by atoms with E-state index in [1.165, 1.54) is 11.3 Å². The van der Waals surface area contributed by atoms with E-state index in [9.17, 15) is 4.79 Å². The molecule has 0 spiro atoms. The summed E-state index contributed by atoms with van der Waals surface area (Å²) in [6, 6.07) is 11.2. The summed E-state index contributed by atoms with van der Waals surface area (Å²) >= 11 is 1.37. The number of aromatic nitrogens is 3. The van der Waals surface area contributed by atoms with Crippen LogP contribution in [0.2, 0.25) is 0 Å². The van der Waals surface area contributed by atoms with Crippen molar-refractivity contribution in [3.63, 3.8) is 0 Å². The van der Waals surface area contributed by atoms with Crippen molar-refractivity contribution in [2.75, 3.05) is 12.4 Å². The van der Waals surface area contributed by atoms with Gasteiger partial charge in [0, 0.05) is 16.5 Å². The number of benzene rings is 2. The van der Waals surface area contributed by atoms with E-state index in [4.69, 9.17) is 4.74 Å². The molecule has 1 amide bonds. The molecule has 0 aliphatic rings. The van der Waals surface area contributed by atoms with Crippen molar-refractivity contribution in [2.45, 2.75) is 20.8 Å². The highest BCUT2D eigenvalue weighted by atomic mass is 32.1. The van der Waals surface area contributed by atoms with Gasteiger partial charge in [-0.1, -0.05) is 11.6 Å². The maximum absolute atomic E-state index is 12.7. The van der Waals surface area contributed by atoms with Gasteiger partial charge in [-0.25, -0.2) is 15.0 Å². The fourth-order valence-electron chi connectivity index (χ4n) is 3.02. The zero-order valence-corrected chi connectivity index (χ0v) is 17.4. The van der Waals surface area contributed by atoms with E-state index >= 15 is 0 Å². The first-order valence-electron chi connectivity index (χ1n) is 9.11. The number of carbonyl (C=O) groups is 1. The Kier molecular flexibility index (Phi) is 4.98. The lowest BCUT2D eigenvalue weighted by molar-refractivity contribution is 0.102. The third kappa shape index (κ3) is 3.82. The normalized spacial score (nSPS) is 10.9. The highest BCUT2D eigenvalue weighted by Crippen LogP contribution is 2.33. The number of carbonyl (C=O) groups excluding carboxylic acids is 1. The first-order chi connectivity index (χ1) is 13.9. The van der Waals surface area contributed by atoms with Crippen molar-refractivity contribution < 1.29 is 9.53 Å². The van der Waals surface area contributed by atoms with Crippen molar-refractivity contribution >= 4 is 33.4 Å². The number of hydrogen-bond acceptors (Lipinski definition) is 6. The minimum atomic E-state index is -0.232. The number of ether oxygens (including phenoxy) is 1. The Labute approximate surface area is 172 Å². The van der Waals surface area contributed by atoms with Gasteiger partial charge in [0.2, 0.25) is 0 Å². The second kappa shape index (κ2) is 7.60. The van der Waals surface area contributed by atoms with E-state index in [0.717, 1.165) is 39.5 Å². The molecule has 0 unspecified atom stereocenters. The van der Waals surface area contributed by atoms with Crippen molar-refractivity contribution in [3.05, 3.63) is 64.3 Å². The summed E-state index contributed by atoms with van der Waals surface area (Å²) in [4.78, 5) is 26.3. The third-order valence-electron chi connectivity index (χ3n) is 4.69. The van der Waals surface area contributed by atoms with Crippen LogP contribution in [0.25, 0.3) is 22.3 Å². The largest absolute Gasteiger partial charge is 0.496 e. The van der Waals surface area contributed by atoms with Gasteiger partial charge >= 0.3 is 0 Å². The summed E-state index contributed by atoms with van der Waals surface area (Å²) in [6.45, 7) is 5.85. The monoisotopic (exact) mass is 404 g/mol. The van der Waals surface area contributed by atoms with Crippen molar-refractivity contribution in [1.82, 2.24) is 15.0 Å². The molecule has 4 rings (SSSR count). The number of thiazole rings is 1. The second-order valence-corrected chi connectivity index (χ2v) is 7.65. The molecule has 2 heterocycles. The number of nitrogens with one attached hydrogen (secondary N) is 1. The summed E-state index contributed by atoms with van der Waals surface area (Å²) in [5, 5.41) is 5.31. The molecule has 0 saturated heterocycles. The van der Waals surface area contributed by atoms with Gasteiger partial charge in [-0.2, -0.15) is 0 Å². The number of nitrogens with zero attached hydrogens (tertiary/aromatic N) is 3. The number of fused-ring (bicyclic) bond motifs is 1. The predicted octanol–water partition coefficient (Wildman–Crippen LogP) is 4.94. The lowest BCUT2D eigenvalue weighted by Crippen LogP contribution is -2.12. The minimum Gasteiger partial charge on any atom is -0.496 e. The standard InChI is InChI=1S/C22H20N4O2S/c1-12-5-8-20(28-4)16(9-12)19-11-29-22(25-19)26-21(27)15-6-7-17-18(10-15)24-14(3)13(2)23-17/h5-11H,1-4H3,(H,25,26,27). The van der Waals surface area contributed by atoms with Gasteiger partial charge in [-0.15, -0.1) is 11.3 Å². The Morgan fingerprint density at radius 3 is 2.48 bits per heavy atom. The van der Waals surface area contributed by atoms with Crippen molar-refractivity contribution in [1.29, 1.82) is 0 Å². The van der Waals surface area contributed by atoms with Crippen LogP contribution in [0.1, 0.15) is 27.3 Å². The Bertz CT molecular complexity index is 1230. The highest BCUT2D eigenvalue weighted by Gasteiger charge is 2.14. The van der Waals surface area contributed by atoms with Crippen LogP contribution < -0.4 is 10.1 Å². The topological polar surface area (TPSA) is 77.0 Å². The molecular weight excluding hydrogens is 384 g/mol. The number of aryl methyl sites for hydroxylation is 3. The molecule has 0 aliphatic carbocycles. The summed E-state index contributed by atoms with van der Waals surface area (Å²) in [6.07, 6.45) is 0. The van der Waals surface area contributed by atoms with E-state index in [0.29, 0.717) is 16.2 Å².